The molecule has 0 aliphatic heterocycles. The van der Waals surface area contributed by atoms with E-state index < -0.39 is 0 Å². The fourth-order valence-corrected chi connectivity index (χ4v) is 2.98. The van der Waals surface area contributed by atoms with Gasteiger partial charge in [-0.3, -0.25) is 4.79 Å². The average Bonchev–Trinajstić information content (AvgIpc) is 2.98. The fourth-order valence-electron chi connectivity index (χ4n) is 2.65. The van der Waals surface area contributed by atoms with Crippen molar-refractivity contribution in [2.45, 2.75) is 39.3 Å². The molecule has 2 aromatic heterocycles. The van der Waals surface area contributed by atoms with Crippen LogP contribution in [0.1, 0.15) is 30.8 Å². The van der Waals surface area contributed by atoms with Gasteiger partial charge in [-0.25, -0.2) is 9.50 Å². The van der Waals surface area contributed by atoms with E-state index in [-0.39, 0.29) is 5.91 Å². The molecule has 0 atom stereocenters. The Kier molecular flexibility index (Phi) is 6.56. The first-order valence-corrected chi connectivity index (χ1v) is 9.48. The second-order valence-corrected chi connectivity index (χ2v) is 6.40. The molecule has 1 N–H and O–H groups in total. The molecular formula is C16H26N6OS. The highest BCUT2D eigenvalue weighted by Crippen LogP contribution is 2.17. The van der Waals surface area contributed by atoms with Gasteiger partial charge in [-0.15, -0.1) is 5.10 Å². The van der Waals surface area contributed by atoms with Crippen LogP contribution in [0.3, 0.4) is 0 Å². The number of carbonyl (C=O) groups is 1. The molecule has 0 aliphatic rings. The van der Waals surface area contributed by atoms with Gasteiger partial charge in [-0.2, -0.15) is 4.98 Å². The van der Waals surface area contributed by atoms with Crippen LogP contribution in [0, 0.1) is 13.8 Å². The molecule has 2 heterocycles. The number of aryl methyl sites for hydroxylation is 2. The Morgan fingerprint density at radius 2 is 1.96 bits per heavy atom. The normalized spacial score (nSPS) is 11.4. The zero-order valence-electron chi connectivity index (χ0n) is 15.1. The first kappa shape index (κ1) is 18.7. The van der Waals surface area contributed by atoms with E-state index in [0.717, 1.165) is 36.6 Å². The summed E-state index contributed by atoms with van der Waals surface area (Å²) >= 11 is 1.48. The van der Waals surface area contributed by atoms with E-state index in [1.54, 1.807) is 4.52 Å². The number of aromatic nitrogens is 4. The second kappa shape index (κ2) is 8.43. The summed E-state index contributed by atoms with van der Waals surface area (Å²) in [5.41, 5.74) is 2.67. The van der Waals surface area contributed by atoms with Crippen molar-refractivity contribution in [3.8, 4) is 0 Å². The molecule has 7 nitrogen and oxygen atoms in total. The second-order valence-electron chi connectivity index (χ2n) is 5.63. The highest BCUT2D eigenvalue weighted by atomic mass is 32.2. The maximum Gasteiger partial charge on any atom is 0.253 e. The average molecular weight is 350 g/mol. The molecule has 1 amide bonds. The topological polar surface area (TPSA) is 75.4 Å². The van der Waals surface area contributed by atoms with E-state index in [9.17, 15) is 4.79 Å². The monoisotopic (exact) mass is 350 g/mol. The molecule has 2 rings (SSSR count). The Morgan fingerprint density at radius 3 is 2.58 bits per heavy atom. The fraction of sp³-hybridized carbons (Fsp3) is 0.625. The largest absolute Gasteiger partial charge is 0.355 e. The summed E-state index contributed by atoms with van der Waals surface area (Å²) in [6.45, 7) is 11.6. The standard InChI is InChI=1S/C16H26N6OS/c1-6-21(7-2)9-8-17-14(23)10-13-11(3)18-15-19-16(24-5)20-22(15)12(13)4/h6-10H2,1-5H3,(H,17,23). The summed E-state index contributed by atoms with van der Waals surface area (Å²) in [6, 6.07) is 0. The lowest BCUT2D eigenvalue weighted by atomic mass is 10.1. The van der Waals surface area contributed by atoms with Crippen LogP contribution >= 0.6 is 11.8 Å². The minimum atomic E-state index is 0.0136. The van der Waals surface area contributed by atoms with Gasteiger partial charge in [0, 0.05) is 30.0 Å². The first-order chi connectivity index (χ1) is 11.5. The van der Waals surface area contributed by atoms with E-state index >= 15 is 0 Å². The zero-order chi connectivity index (χ0) is 17.7. The van der Waals surface area contributed by atoms with Crippen molar-refractivity contribution in [1.29, 1.82) is 0 Å². The predicted octanol–water partition coefficient (Wildman–Crippen LogP) is 1.46. The Bertz CT molecular complexity index is 710. The summed E-state index contributed by atoms with van der Waals surface area (Å²) in [5.74, 6) is 0.597. The number of thioether (sulfide) groups is 1. The summed E-state index contributed by atoms with van der Waals surface area (Å²) in [6.07, 6.45) is 2.24. The Labute approximate surface area is 147 Å². The quantitative estimate of drug-likeness (QED) is 0.727. The number of likely N-dealkylation sites (N-methyl/N-ethyl adjacent to an activating group) is 1. The van der Waals surface area contributed by atoms with Gasteiger partial charge in [0.25, 0.3) is 5.78 Å². The van der Waals surface area contributed by atoms with Crippen LogP contribution < -0.4 is 5.32 Å². The van der Waals surface area contributed by atoms with Gasteiger partial charge in [0.1, 0.15) is 0 Å². The van der Waals surface area contributed by atoms with Gasteiger partial charge in [0.05, 0.1) is 6.42 Å². The van der Waals surface area contributed by atoms with E-state index in [4.69, 9.17) is 0 Å². The number of hydrogen-bond acceptors (Lipinski definition) is 6. The van der Waals surface area contributed by atoms with E-state index in [1.807, 2.05) is 20.1 Å². The van der Waals surface area contributed by atoms with Gasteiger partial charge in [-0.05, 0) is 33.2 Å². The van der Waals surface area contributed by atoms with Crippen LogP contribution in [0.4, 0.5) is 0 Å². The Morgan fingerprint density at radius 1 is 1.25 bits per heavy atom. The third-order valence-electron chi connectivity index (χ3n) is 4.19. The molecule has 0 unspecified atom stereocenters. The van der Waals surface area contributed by atoms with Crippen molar-refractivity contribution in [2.75, 3.05) is 32.4 Å². The van der Waals surface area contributed by atoms with Crippen molar-refractivity contribution in [2.24, 2.45) is 0 Å². The van der Waals surface area contributed by atoms with Crippen molar-refractivity contribution in [3.63, 3.8) is 0 Å². The van der Waals surface area contributed by atoms with Crippen molar-refractivity contribution in [1.82, 2.24) is 29.8 Å². The summed E-state index contributed by atoms with van der Waals surface area (Å²) in [4.78, 5) is 23.4. The molecule has 0 fully saturated rings. The lowest BCUT2D eigenvalue weighted by Crippen LogP contribution is -2.35. The Hall–Kier alpha value is -1.67. The van der Waals surface area contributed by atoms with Gasteiger partial charge >= 0.3 is 0 Å². The van der Waals surface area contributed by atoms with Crippen molar-refractivity contribution in [3.05, 3.63) is 17.0 Å². The molecule has 0 bridgehead atoms. The summed E-state index contributed by atoms with van der Waals surface area (Å²) in [7, 11) is 0. The van der Waals surface area contributed by atoms with Crippen LogP contribution in [-0.4, -0.2) is 62.8 Å². The summed E-state index contributed by atoms with van der Waals surface area (Å²) < 4.78 is 1.72. The molecule has 0 saturated heterocycles. The highest BCUT2D eigenvalue weighted by molar-refractivity contribution is 7.98. The van der Waals surface area contributed by atoms with Crippen molar-refractivity contribution < 1.29 is 4.79 Å². The molecular weight excluding hydrogens is 324 g/mol. The van der Waals surface area contributed by atoms with Gasteiger partial charge in [0.15, 0.2) is 0 Å². The lowest BCUT2D eigenvalue weighted by molar-refractivity contribution is -0.120. The third kappa shape index (κ3) is 4.24. The van der Waals surface area contributed by atoms with Gasteiger partial charge in [0.2, 0.25) is 11.1 Å². The number of rotatable bonds is 8. The molecule has 0 saturated carbocycles. The molecule has 132 valence electrons. The molecule has 8 heteroatoms. The first-order valence-electron chi connectivity index (χ1n) is 8.26. The predicted molar refractivity (Wildman–Crippen MR) is 96.5 cm³/mol. The SMILES string of the molecule is CCN(CC)CCNC(=O)Cc1c(C)nc2nc(SC)nn2c1C. The van der Waals surface area contributed by atoms with Crippen LogP contribution in [0.2, 0.25) is 0 Å². The molecule has 0 spiro atoms. The number of nitrogens with one attached hydrogen (secondary N) is 1. The molecule has 0 radical (unpaired) electrons. The van der Waals surface area contributed by atoms with Crippen LogP contribution in [0.15, 0.2) is 5.16 Å². The van der Waals surface area contributed by atoms with Gasteiger partial charge < -0.3 is 10.2 Å². The number of hydrogen-bond donors (Lipinski definition) is 1. The van der Waals surface area contributed by atoms with E-state index in [1.165, 1.54) is 11.8 Å². The van der Waals surface area contributed by atoms with E-state index in [0.29, 0.717) is 23.9 Å². The molecule has 24 heavy (non-hydrogen) atoms. The Balaban J connectivity index is 2.07. The lowest BCUT2D eigenvalue weighted by Gasteiger charge is -2.18. The number of nitrogens with zero attached hydrogens (tertiary/aromatic N) is 5. The third-order valence-corrected chi connectivity index (χ3v) is 4.73. The van der Waals surface area contributed by atoms with E-state index in [2.05, 4.69) is 39.1 Å². The summed E-state index contributed by atoms with van der Waals surface area (Å²) in [5, 5.41) is 8.09. The maximum absolute atomic E-state index is 12.3. The van der Waals surface area contributed by atoms with Gasteiger partial charge in [-0.1, -0.05) is 25.6 Å². The number of carbonyl (C=O) groups excluding carboxylic acids is 1. The number of amides is 1. The van der Waals surface area contributed by atoms with Crippen LogP contribution in [-0.2, 0) is 11.2 Å². The van der Waals surface area contributed by atoms with Crippen molar-refractivity contribution >= 4 is 23.4 Å². The molecule has 0 aliphatic carbocycles. The number of fused-ring (bicyclic) bond motifs is 1. The highest BCUT2D eigenvalue weighted by Gasteiger charge is 2.15. The van der Waals surface area contributed by atoms with Crippen LogP contribution in [0.5, 0.6) is 0 Å². The molecule has 2 aromatic rings. The minimum Gasteiger partial charge on any atom is -0.355 e. The maximum atomic E-state index is 12.3. The minimum absolute atomic E-state index is 0.0136. The smallest absolute Gasteiger partial charge is 0.253 e. The van der Waals surface area contributed by atoms with Crippen LogP contribution in [0.25, 0.3) is 5.78 Å². The zero-order valence-corrected chi connectivity index (χ0v) is 15.9. The molecule has 0 aromatic carbocycles.